The second kappa shape index (κ2) is 6.40. The van der Waals surface area contributed by atoms with E-state index < -0.39 is 0 Å². The molecule has 3 heteroatoms. The molecule has 20 heavy (non-hydrogen) atoms. The molecule has 1 heterocycles. The van der Waals surface area contributed by atoms with Crippen molar-refractivity contribution >= 4 is 17.0 Å². The topological polar surface area (TPSA) is 24.9 Å². The molecule has 2 nitrogen and oxygen atoms in total. The van der Waals surface area contributed by atoms with Crippen LogP contribution in [0.15, 0.2) is 29.1 Å². The molecule has 108 valence electrons. The van der Waals surface area contributed by atoms with Gasteiger partial charge in [0.05, 0.1) is 17.2 Å². The number of aromatic nitrogens is 1. The van der Waals surface area contributed by atoms with Crippen molar-refractivity contribution in [2.24, 2.45) is 0 Å². The summed E-state index contributed by atoms with van der Waals surface area (Å²) in [4.78, 5) is 4.39. The first-order valence-corrected chi connectivity index (χ1v) is 8.21. The van der Waals surface area contributed by atoms with Gasteiger partial charge in [-0.1, -0.05) is 39.8 Å². The van der Waals surface area contributed by atoms with E-state index in [4.69, 9.17) is 0 Å². The molecule has 0 amide bonds. The molecule has 1 aromatic heterocycles. The zero-order chi connectivity index (χ0) is 14.7. The van der Waals surface area contributed by atoms with Crippen molar-refractivity contribution in [3.05, 3.63) is 45.9 Å². The Bertz CT molecular complexity index is 544. The number of benzene rings is 1. The Balaban J connectivity index is 2.27. The summed E-state index contributed by atoms with van der Waals surface area (Å²) >= 11 is 1.64. The third-order valence-corrected chi connectivity index (χ3v) is 4.24. The fraction of sp³-hybridized carbons (Fsp3) is 0.471. The Morgan fingerprint density at radius 2 is 1.80 bits per heavy atom. The lowest BCUT2D eigenvalue weighted by Crippen LogP contribution is -2.09. The molecule has 0 radical (unpaired) electrons. The predicted octanol–water partition coefficient (Wildman–Crippen LogP) is 5.56. The number of nitrogens with one attached hydrogen (secondary N) is 1. The van der Waals surface area contributed by atoms with Gasteiger partial charge >= 0.3 is 0 Å². The molecule has 0 saturated carbocycles. The Morgan fingerprint density at radius 1 is 1.05 bits per heavy atom. The van der Waals surface area contributed by atoms with Crippen LogP contribution in [-0.4, -0.2) is 4.98 Å². The third kappa shape index (κ3) is 3.40. The normalized spacial score (nSPS) is 12.9. The molecule has 1 N–H and O–H groups in total. The quantitative estimate of drug-likeness (QED) is 0.778. The average Bonchev–Trinajstić information content (AvgIpc) is 2.92. The molecule has 0 bridgehead atoms. The van der Waals surface area contributed by atoms with Gasteiger partial charge in [-0.3, -0.25) is 0 Å². The first-order chi connectivity index (χ1) is 9.49. The van der Waals surface area contributed by atoms with Gasteiger partial charge < -0.3 is 5.32 Å². The molecule has 1 atom stereocenters. The van der Waals surface area contributed by atoms with E-state index in [1.54, 1.807) is 11.3 Å². The van der Waals surface area contributed by atoms with Crippen molar-refractivity contribution in [2.75, 3.05) is 5.32 Å². The van der Waals surface area contributed by atoms with Gasteiger partial charge in [-0.25, -0.2) is 4.98 Å². The van der Waals surface area contributed by atoms with Crippen LogP contribution in [0, 0.1) is 0 Å². The van der Waals surface area contributed by atoms with E-state index in [0.29, 0.717) is 11.8 Å². The second-order valence-electron chi connectivity index (χ2n) is 5.94. The van der Waals surface area contributed by atoms with Gasteiger partial charge in [0.15, 0.2) is 0 Å². The van der Waals surface area contributed by atoms with E-state index in [0.717, 1.165) is 5.69 Å². The summed E-state index contributed by atoms with van der Waals surface area (Å²) in [6, 6.07) is 7.02. The number of thiazole rings is 1. The fourth-order valence-corrected chi connectivity index (χ4v) is 2.94. The van der Waals surface area contributed by atoms with E-state index >= 15 is 0 Å². The van der Waals surface area contributed by atoms with Crippen molar-refractivity contribution in [3.63, 3.8) is 0 Å². The lowest BCUT2D eigenvalue weighted by molar-refractivity contribution is 0.813. The standard InChI is InChI=1S/C17H24N2S/c1-11(2)14-6-7-16(15(8-14)12(3)4)19-13(5)17-9-20-10-18-17/h6-13,19H,1-5H3. The second-order valence-corrected chi connectivity index (χ2v) is 6.65. The van der Waals surface area contributed by atoms with Crippen molar-refractivity contribution in [2.45, 2.75) is 52.5 Å². The Morgan fingerprint density at radius 3 is 2.35 bits per heavy atom. The van der Waals surface area contributed by atoms with Crippen LogP contribution in [-0.2, 0) is 0 Å². The van der Waals surface area contributed by atoms with Gasteiger partial charge in [0.25, 0.3) is 0 Å². The minimum Gasteiger partial charge on any atom is -0.377 e. The Kier molecular flexibility index (Phi) is 4.81. The maximum atomic E-state index is 4.39. The molecular formula is C17H24N2S. The highest BCUT2D eigenvalue weighted by Crippen LogP contribution is 2.30. The number of anilines is 1. The highest BCUT2D eigenvalue weighted by molar-refractivity contribution is 7.07. The molecule has 0 aliphatic heterocycles. The summed E-state index contributed by atoms with van der Waals surface area (Å²) < 4.78 is 0. The van der Waals surface area contributed by atoms with Gasteiger partial charge in [0.1, 0.15) is 0 Å². The largest absolute Gasteiger partial charge is 0.377 e. The van der Waals surface area contributed by atoms with Crippen LogP contribution in [0.4, 0.5) is 5.69 Å². The maximum absolute atomic E-state index is 4.39. The van der Waals surface area contributed by atoms with Crippen molar-refractivity contribution < 1.29 is 0 Å². The van der Waals surface area contributed by atoms with Crippen LogP contribution in [0.5, 0.6) is 0 Å². The smallest absolute Gasteiger partial charge is 0.0795 e. The summed E-state index contributed by atoms with van der Waals surface area (Å²) in [6.45, 7) is 11.1. The third-order valence-electron chi connectivity index (χ3n) is 3.63. The van der Waals surface area contributed by atoms with Crippen LogP contribution in [0.1, 0.15) is 69.3 Å². The van der Waals surface area contributed by atoms with Crippen molar-refractivity contribution in [3.8, 4) is 0 Å². The summed E-state index contributed by atoms with van der Waals surface area (Å²) in [5.41, 5.74) is 7.01. The molecule has 2 aromatic rings. The first kappa shape index (κ1) is 15.0. The van der Waals surface area contributed by atoms with Crippen LogP contribution >= 0.6 is 11.3 Å². The highest BCUT2D eigenvalue weighted by Gasteiger charge is 2.13. The number of nitrogens with zero attached hydrogens (tertiary/aromatic N) is 1. The lowest BCUT2D eigenvalue weighted by atomic mass is 9.94. The van der Waals surface area contributed by atoms with Crippen molar-refractivity contribution in [1.29, 1.82) is 0 Å². The lowest BCUT2D eigenvalue weighted by Gasteiger charge is -2.20. The van der Waals surface area contributed by atoms with Gasteiger partial charge in [-0.05, 0) is 36.0 Å². The van der Waals surface area contributed by atoms with Gasteiger partial charge in [-0.2, -0.15) is 0 Å². The number of rotatable bonds is 5. The maximum Gasteiger partial charge on any atom is 0.0795 e. The summed E-state index contributed by atoms with van der Waals surface area (Å²) in [5.74, 6) is 1.08. The fourth-order valence-electron chi connectivity index (χ4n) is 2.29. The molecule has 0 spiro atoms. The highest BCUT2D eigenvalue weighted by atomic mass is 32.1. The number of hydrogen-bond donors (Lipinski definition) is 1. The summed E-state index contributed by atoms with van der Waals surface area (Å²) in [5, 5.41) is 5.71. The van der Waals surface area contributed by atoms with E-state index in [9.17, 15) is 0 Å². The molecule has 0 aliphatic rings. The van der Waals surface area contributed by atoms with Gasteiger partial charge in [-0.15, -0.1) is 11.3 Å². The molecule has 0 saturated heterocycles. The molecule has 0 aliphatic carbocycles. The van der Waals surface area contributed by atoms with Crippen LogP contribution in [0.2, 0.25) is 0 Å². The monoisotopic (exact) mass is 288 g/mol. The summed E-state index contributed by atoms with van der Waals surface area (Å²) in [6.07, 6.45) is 0. The van der Waals surface area contributed by atoms with Crippen molar-refractivity contribution in [1.82, 2.24) is 4.98 Å². The Labute approximate surface area is 126 Å². The van der Waals surface area contributed by atoms with Crippen LogP contribution in [0.25, 0.3) is 0 Å². The SMILES string of the molecule is CC(C)c1ccc(NC(C)c2cscn2)c(C(C)C)c1. The zero-order valence-corrected chi connectivity index (χ0v) is 13.8. The first-order valence-electron chi connectivity index (χ1n) is 7.27. The molecule has 0 fully saturated rings. The summed E-state index contributed by atoms with van der Waals surface area (Å²) in [7, 11) is 0. The minimum absolute atomic E-state index is 0.239. The van der Waals surface area contributed by atoms with Gasteiger partial charge in [0.2, 0.25) is 0 Å². The van der Waals surface area contributed by atoms with Crippen LogP contribution < -0.4 is 5.32 Å². The average molecular weight is 288 g/mol. The minimum atomic E-state index is 0.239. The molecule has 1 aromatic carbocycles. The zero-order valence-electron chi connectivity index (χ0n) is 13.0. The predicted molar refractivity (Wildman–Crippen MR) is 88.8 cm³/mol. The molecular weight excluding hydrogens is 264 g/mol. The number of hydrogen-bond acceptors (Lipinski definition) is 3. The van der Waals surface area contributed by atoms with E-state index in [1.807, 2.05) is 5.51 Å². The van der Waals surface area contributed by atoms with E-state index in [2.05, 4.69) is 68.5 Å². The van der Waals surface area contributed by atoms with E-state index in [1.165, 1.54) is 16.8 Å². The molecule has 1 unspecified atom stereocenters. The van der Waals surface area contributed by atoms with E-state index in [-0.39, 0.29) is 6.04 Å². The van der Waals surface area contributed by atoms with Crippen LogP contribution in [0.3, 0.4) is 0 Å². The Hall–Kier alpha value is -1.35. The molecule has 2 rings (SSSR count). The van der Waals surface area contributed by atoms with Gasteiger partial charge in [0, 0.05) is 11.1 Å².